The van der Waals surface area contributed by atoms with Gasteiger partial charge in [0.15, 0.2) is 23.6 Å². The molecular weight excluding hydrogens is 532 g/mol. The van der Waals surface area contributed by atoms with E-state index in [-0.39, 0.29) is 17.9 Å². The minimum Gasteiger partial charge on any atom is -0.463 e. The molecule has 0 saturated carbocycles. The van der Waals surface area contributed by atoms with E-state index in [1.54, 1.807) is 40.7 Å². The van der Waals surface area contributed by atoms with E-state index in [1.807, 2.05) is 30.3 Å². The zero-order chi connectivity index (χ0) is 30.3. The van der Waals surface area contributed by atoms with E-state index >= 15 is 0 Å². The number of cyclic esters (lactones) is 2. The molecule has 0 bridgehead atoms. The van der Waals surface area contributed by atoms with Crippen LogP contribution in [0.15, 0.2) is 42.6 Å². The van der Waals surface area contributed by atoms with Crippen molar-refractivity contribution in [3.05, 3.63) is 59.4 Å². The number of esters is 4. The lowest BCUT2D eigenvalue weighted by atomic mass is 9.91. The molecule has 1 unspecified atom stereocenters. The predicted molar refractivity (Wildman–Crippen MR) is 146 cm³/mol. The number of hydrogen-bond donors (Lipinski definition) is 1. The molecule has 0 aliphatic carbocycles. The third-order valence-corrected chi connectivity index (χ3v) is 6.46. The van der Waals surface area contributed by atoms with E-state index in [9.17, 15) is 24.0 Å². The average molecular weight is 569 g/mol. The third-order valence-electron chi connectivity index (χ3n) is 6.46. The molecule has 1 fully saturated rings. The van der Waals surface area contributed by atoms with Crippen molar-refractivity contribution in [1.29, 1.82) is 0 Å². The number of rotatable bonds is 8. The van der Waals surface area contributed by atoms with Gasteiger partial charge in [-0.3, -0.25) is 19.2 Å². The number of pyridine rings is 1. The van der Waals surface area contributed by atoms with Gasteiger partial charge in [0.1, 0.15) is 18.6 Å². The lowest BCUT2D eigenvalue weighted by Crippen LogP contribution is -2.47. The van der Waals surface area contributed by atoms with Crippen LogP contribution in [0.25, 0.3) is 0 Å². The lowest BCUT2D eigenvalue weighted by molar-refractivity contribution is -0.176. The molecule has 2 heterocycles. The van der Waals surface area contributed by atoms with Crippen LogP contribution in [0.2, 0.25) is 0 Å². The van der Waals surface area contributed by atoms with Gasteiger partial charge in [-0.1, -0.05) is 58.0 Å². The Labute approximate surface area is 238 Å². The number of aryl methyl sites for hydroxylation is 1. The van der Waals surface area contributed by atoms with Crippen molar-refractivity contribution in [2.24, 2.45) is 17.8 Å². The fraction of sp³-hybridized carbons (Fsp3) is 0.467. The summed E-state index contributed by atoms with van der Waals surface area (Å²) in [7, 11) is 0. The molecule has 1 amide bonds. The molecule has 3 rings (SSSR count). The smallest absolute Gasteiger partial charge is 0.332 e. The highest BCUT2D eigenvalue weighted by molar-refractivity contribution is 5.98. The fourth-order valence-electron chi connectivity index (χ4n) is 4.03. The van der Waals surface area contributed by atoms with Crippen LogP contribution in [0.3, 0.4) is 0 Å². The van der Waals surface area contributed by atoms with Crippen molar-refractivity contribution in [2.45, 2.75) is 66.2 Å². The Bertz CT molecular complexity index is 1280. The molecule has 1 saturated heterocycles. The van der Waals surface area contributed by atoms with Crippen LogP contribution in [0, 0.1) is 24.7 Å². The summed E-state index contributed by atoms with van der Waals surface area (Å²) < 4.78 is 22.2. The van der Waals surface area contributed by atoms with Crippen LogP contribution in [-0.2, 0) is 39.8 Å². The molecule has 0 radical (unpaired) electrons. The van der Waals surface area contributed by atoms with Crippen molar-refractivity contribution in [3.63, 3.8) is 0 Å². The maximum atomic E-state index is 13.4. The van der Waals surface area contributed by atoms with Crippen molar-refractivity contribution in [1.82, 2.24) is 10.3 Å². The van der Waals surface area contributed by atoms with Gasteiger partial charge in [-0.15, -0.1) is 0 Å². The van der Waals surface area contributed by atoms with Crippen molar-refractivity contribution >= 4 is 29.8 Å². The highest BCUT2D eigenvalue weighted by Gasteiger charge is 2.42. The predicted octanol–water partition coefficient (Wildman–Crippen LogP) is 2.97. The Morgan fingerprint density at radius 2 is 1.66 bits per heavy atom. The maximum Gasteiger partial charge on any atom is 0.332 e. The van der Waals surface area contributed by atoms with Gasteiger partial charge in [-0.2, -0.15) is 0 Å². The van der Waals surface area contributed by atoms with Crippen molar-refractivity contribution in [2.75, 3.05) is 6.61 Å². The second kappa shape index (κ2) is 13.9. The molecule has 1 aromatic heterocycles. The molecule has 11 heteroatoms. The van der Waals surface area contributed by atoms with Crippen LogP contribution in [0.4, 0.5) is 0 Å². The first-order valence-corrected chi connectivity index (χ1v) is 13.5. The van der Waals surface area contributed by atoms with Gasteiger partial charge in [0, 0.05) is 6.20 Å². The molecule has 11 nitrogen and oxygen atoms in total. The van der Waals surface area contributed by atoms with Gasteiger partial charge in [0.25, 0.3) is 5.91 Å². The van der Waals surface area contributed by atoms with Crippen LogP contribution >= 0.6 is 0 Å². The summed E-state index contributed by atoms with van der Waals surface area (Å²) >= 11 is 0. The number of ether oxygens (including phenoxy) is 4. The SMILES string of the molecule is Cc1ccnc(C(=O)N[C@H]2COC(=O)[C@H](Cc3ccccc3)C(OC(=O)C(C)C)[C@H](C)OC2=O)c1OC(=O)C(C)C. The maximum absolute atomic E-state index is 13.4. The zero-order valence-corrected chi connectivity index (χ0v) is 24.0. The molecule has 4 atom stereocenters. The first-order valence-electron chi connectivity index (χ1n) is 13.5. The Balaban J connectivity index is 1.88. The van der Waals surface area contributed by atoms with Crippen LogP contribution in [0.1, 0.15) is 56.2 Å². The second-order valence-corrected chi connectivity index (χ2v) is 10.5. The second-order valence-electron chi connectivity index (χ2n) is 10.5. The highest BCUT2D eigenvalue weighted by atomic mass is 16.6. The van der Waals surface area contributed by atoms with E-state index in [4.69, 9.17) is 18.9 Å². The lowest BCUT2D eigenvalue weighted by Gasteiger charge is -2.29. The molecule has 0 spiro atoms. The fourth-order valence-corrected chi connectivity index (χ4v) is 4.03. The summed E-state index contributed by atoms with van der Waals surface area (Å²) in [5.74, 6) is -5.59. The summed E-state index contributed by atoms with van der Waals surface area (Å²) in [5, 5.41) is 2.48. The van der Waals surface area contributed by atoms with Gasteiger partial charge < -0.3 is 24.3 Å². The minimum absolute atomic E-state index is 0.0471. The largest absolute Gasteiger partial charge is 0.463 e. The average Bonchev–Trinajstić information content (AvgIpc) is 2.96. The molecule has 220 valence electrons. The van der Waals surface area contributed by atoms with Gasteiger partial charge in [-0.05, 0) is 37.5 Å². The van der Waals surface area contributed by atoms with Gasteiger partial charge in [0.05, 0.1) is 11.8 Å². The van der Waals surface area contributed by atoms with E-state index in [1.165, 1.54) is 13.1 Å². The first kappa shape index (κ1) is 31.3. The standard InChI is InChI=1S/C30H36N2O9/c1-16(2)27(34)40-24-18(5)12-13-31-23(24)26(33)32-22-15-38-29(36)21(14-20-10-8-7-9-11-20)25(19(6)39-30(22)37)41-28(35)17(3)4/h7-13,16-17,19,21-22,25H,14-15H2,1-6H3,(H,32,33)/t19-,21+,22-,25?/m0/s1. The summed E-state index contributed by atoms with van der Waals surface area (Å²) in [6.07, 6.45) is -0.672. The molecule has 1 aliphatic heterocycles. The number of carbonyl (C=O) groups is 5. The minimum atomic E-state index is -1.42. The molecule has 41 heavy (non-hydrogen) atoms. The summed E-state index contributed by atoms with van der Waals surface area (Å²) in [6.45, 7) is 9.20. The number of carbonyl (C=O) groups excluding carboxylic acids is 5. The summed E-state index contributed by atoms with van der Waals surface area (Å²) in [6, 6.07) is 9.25. The molecular formula is C30H36N2O9. The van der Waals surface area contributed by atoms with E-state index in [0.717, 1.165) is 5.56 Å². The van der Waals surface area contributed by atoms with Crippen LogP contribution in [-0.4, -0.2) is 59.6 Å². The Morgan fingerprint density at radius 3 is 2.29 bits per heavy atom. The molecule has 1 N–H and O–H groups in total. The molecule has 2 aromatic rings. The number of aromatic nitrogens is 1. The number of hydrogen-bond acceptors (Lipinski definition) is 10. The van der Waals surface area contributed by atoms with Gasteiger partial charge >= 0.3 is 23.9 Å². The van der Waals surface area contributed by atoms with Gasteiger partial charge in [-0.25, -0.2) is 9.78 Å². The number of amides is 1. The number of nitrogens with one attached hydrogen (secondary N) is 1. The van der Waals surface area contributed by atoms with E-state index in [2.05, 4.69) is 10.3 Å². The first-order chi connectivity index (χ1) is 19.4. The Morgan fingerprint density at radius 1 is 1.00 bits per heavy atom. The zero-order valence-electron chi connectivity index (χ0n) is 24.0. The summed E-state index contributed by atoms with van der Waals surface area (Å²) in [5.41, 5.74) is 1.04. The topological polar surface area (TPSA) is 147 Å². The van der Waals surface area contributed by atoms with Crippen molar-refractivity contribution < 1.29 is 42.9 Å². The highest BCUT2D eigenvalue weighted by Crippen LogP contribution is 2.26. The number of benzene rings is 1. The van der Waals surface area contributed by atoms with Crippen molar-refractivity contribution in [3.8, 4) is 5.75 Å². The molecule has 1 aliphatic rings. The Kier molecular flexibility index (Phi) is 10.6. The van der Waals surface area contributed by atoms with Gasteiger partial charge in [0.2, 0.25) is 0 Å². The van der Waals surface area contributed by atoms with Crippen LogP contribution in [0.5, 0.6) is 5.75 Å². The van der Waals surface area contributed by atoms with Crippen LogP contribution < -0.4 is 10.1 Å². The normalized spacial score (nSPS) is 21.2. The third kappa shape index (κ3) is 8.12. The summed E-state index contributed by atoms with van der Waals surface area (Å²) in [4.78, 5) is 68.6. The monoisotopic (exact) mass is 568 g/mol. The van der Waals surface area contributed by atoms with E-state index in [0.29, 0.717) is 5.56 Å². The number of nitrogens with zero attached hydrogens (tertiary/aromatic N) is 1. The molecule has 1 aromatic carbocycles. The Hall–Kier alpha value is -4.28. The quantitative estimate of drug-likeness (QED) is 0.372. The van der Waals surface area contributed by atoms with E-state index < -0.39 is 72.4 Å².